The minimum absolute atomic E-state index is 0.0422. The summed E-state index contributed by atoms with van der Waals surface area (Å²) in [6.07, 6.45) is 3.19. The Hall–Kier alpha value is -1.84. The maximum Gasteiger partial charge on any atom is 0.251 e. The molecule has 0 saturated heterocycles. The van der Waals surface area contributed by atoms with Gasteiger partial charge < -0.3 is 10.6 Å². The van der Waals surface area contributed by atoms with E-state index in [1.54, 1.807) is 12.1 Å². The topological polar surface area (TPSA) is 58.2 Å². The van der Waals surface area contributed by atoms with Gasteiger partial charge in [-0.2, -0.15) is 0 Å². The summed E-state index contributed by atoms with van der Waals surface area (Å²) in [6.45, 7) is 8.64. The van der Waals surface area contributed by atoms with Gasteiger partial charge in [-0.05, 0) is 31.4 Å². The van der Waals surface area contributed by atoms with Gasteiger partial charge in [0.15, 0.2) is 0 Å². The predicted octanol–water partition coefficient (Wildman–Crippen LogP) is 3.06. The standard InChI is InChI=1S/C18H28N2O2/c1-5-6-7-12-19-18(22)16(13(2)3)20-17(21)15-10-8-14(4)9-11-15/h8-11,13,16H,5-7,12H2,1-4H3,(H,19,22)(H,20,21)/t16-/m0/s1. The third-order valence-corrected chi connectivity index (χ3v) is 3.63. The molecule has 0 fully saturated rings. The Morgan fingerprint density at radius 3 is 2.27 bits per heavy atom. The van der Waals surface area contributed by atoms with Crippen LogP contribution in [0.2, 0.25) is 0 Å². The summed E-state index contributed by atoms with van der Waals surface area (Å²) in [4.78, 5) is 24.5. The average molecular weight is 304 g/mol. The van der Waals surface area contributed by atoms with Crippen LogP contribution in [0.5, 0.6) is 0 Å². The molecule has 0 saturated carbocycles. The second-order valence-electron chi connectivity index (χ2n) is 6.06. The number of unbranched alkanes of at least 4 members (excludes halogenated alkanes) is 2. The predicted molar refractivity (Wildman–Crippen MR) is 89.8 cm³/mol. The Labute approximate surface area is 133 Å². The molecule has 0 heterocycles. The Morgan fingerprint density at radius 1 is 1.09 bits per heavy atom. The van der Waals surface area contributed by atoms with Gasteiger partial charge in [0.2, 0.25) is 5.91 Å². The summed E-state index contributed by atoms with van der Waals surface area (Å²) < 4.78 is 0. The average Bonchev–Trinajstić information content (AvgIpc) is 2.49. The Bertz CT molecular complexity index is 480. The molecule has 122 valence electrons. The highest BCUT2D eigenvalue weighted by Crippen LogP contribution is 2.07. The first-order valence-corrected chi connectivity index (χ1v) is 8.11. The smallest absolute Gasteiger partial charge is 0.251 e. The lowest BCUT2D eigenvalue weighted by Gasteiger charge is -2.21. The van der Waals surface area contributed by atoms with Crippen molar-refractivity contribution in [3.63, 3.8) is 0 Å². The van der Waals surface area contributed by atoms with E-state index in [4.69, 9.17) is 0 Å². The fourth-order valence-corrected chi connectivity index (χ4v) is 2.16. The normalized spacial score (nSPS) is 12.0. The van der Waals surface area contributed by atoms with Gasteiger partial charge in [0, 0.05) is 12.1 Å². The Kier molecular flexibility index (Phi) is 7.64. The monoisotopic (exact) mass is 304 g/mol. The summed E-state index contributed by atoms with van der Waals surface area (Å²) >= 11 is 0. The second-order valence-corrected chi connectivity index (χ2v) is 6.06. The Morgan fingerprint density at radius 2 is 1.73 bits per heavy atom. The number of amides is 2. The number of benzene rings is 1. The largest absolute Gasteiger partial charge is 0.354 e. The van der Waals surface area contributed by atoms with Gasteiger partial charge in [-0.3, -0.25) is 9.59 Å². The van der Waals surface area contributed by atoms with E-state index in [9.17, 15) is 9.59 Å². The van der Waals surface area contributed by atoms with Crippen molar-refractivity contribution in [1.82, 2.24) is 10.6 Å². The molecule has 0 bridgehead atoms. The molecule has 4 nitrogen and oxygen atoms in total. The van der Waals surface area contributed by atoms with Gasteiger partial charge in [-0.25, -0.2) is 0 Å². The van der Waals surface area contributed by atoms with Crippen LogP contribution in [0.4, 0.5) is 0 Å². The van der Waals surface area contributed by atoms with Crippen molar-refractivity contribution in [3.8, 4) is 0 Å². The van der Waals surface area contributed by atoms with Crippen molar-refractivity contribution >= 4 is 11.8 Å². The zero-order chi connectivity index (χ0) is 16.5. The first-order valence-electron chi connectivity index (χ1n) is 8.11. The summed E-state index contributed by atoms with van der Waals surface area (Å²) in [5.74, 6) is -0.269. The molecule has 0 unspecified atom stereocenters. The Balaban J connectivity index is 2.61. The number of nitrogens with one attached hydrogen (secondary N) is 2. The van der Waals surface area contributed by atoms with Gasteiger partial charge in [0.05, 0.1) is 0 Å². The third-order valence-electron chi connectivity index (χ3n) is 3.63. The van der Waals surface area contributed by atoms with Crippen LogP contribution in [-0.4, -0.2) is 24.4 Å². The molecule has 0 spiro atoms. The minimum atomic E-state index is -0.504. The highest BCUT2D eigenvalue weighted by molar-refractivity contribution is 5.97. The molecule has 1 aromatic carbocycles. The number of hydrogen-bond acceptors (Lipinski definition) is 2. The van der Waals surface area contributed by atoms with E-state index in [0.29, 0.717) is 12.1 Å². The van der Waals surface area contributed by atoms with Gasteiger partial charge in [-0.1, -0.05) is 51.3 Å². The third kappa shape index (κ3) is 5.88. The van der Waals surface area contributed by atoms with Crippen LogP contribution in [-0.2, 0) is 4.79 Å². The van der Waals surface area contributed by atoms with Crippen LogP contribution >= 0.6 is 0 Å². The van der Waals surface area contributed by atoms with Crippen LogP contribution < -0.4 is 10.6 Å². The van der Waals surface area contributed by atoms with E-state index >= 15 is 0 Å². The quantitative estimate of drug-likeness (QED) is 0.725. The lowest BCUT2D eigenvalue weighted by Crippen LogP contribution is -2.49. The van der Waals surface area contributed by atoms with Crippen LogP contribution in [0.1, 0.15) is 56.0 Å². The number of carbonyl (C=O) groups excluding carboxylic acids is 2. The van der Waals surface area contributed by atoms with Gasteiger partial charge in [0.25, 0.3) is 5.91 Å². The van der Waals surface area contributed by atoms with Crippen LogP contribution in [0.15, 0.2) is 24.3 Å². The molecule has 22 heavy (non-hydrogen) atoms. The van der Waals surface area contributed by atoms with E-state index in [2.05, 4.69) is 17.6 Å². The molecule has 4 heteroatoms. The zero-order valence-corrected chi connectivity index (χ0v) is 14.1. The molecule has 1 rings (SSSR count). The SMILES string of the molecule is CCCCCNC(=O)[C@@H](NC(=O)c1ccc(C)cc1)C(C)C. The fraction of sp³-hybridized carbons (Fsp3) is 0.556. The van der Waals surface area contributed by atoms with E-state index in [1.807, 2.05) is 32.9 Å². The first kappa shape index (κ1) is 18.2. The summed E-state index contributed by atoms with van der Waals surface area (Å²) in [5.41, 5.74) is 1.68. The summed E-state index contributed by atoms with van der Waals surface area (Å²) in [5, 5.41) is 5.75. The fourth-order valence-electron chi connectivity index (χ4n) is 2.16. The molecule has 0 aromatic heterocycles. The van der Waals surface area contributed by atoms with Crippen molar-refractivity contribution in [2.24, 2.45) is 5.92 Å². The second kappa shape index (κ2) is 9.23. The maximum atomic E-state index is 12.3. The number of aryl methyl sites for hydroxylation is 1. The van der Waals surface area contributed by atoms with Gasteiger partial charge in [0.1, 0.15) is 6.04 Å². The van der Waals surface area contributed by atoms with E-state index in [0.717, 1.165) is 24.8 Å². The molecule has 0 aliphatic heterocycles. The molecule has 1 atom stereocenters. The molecule has 2 N–H and O–H groups in total. The molecular formula is C18H28N2O2. The molecule has 1 aromatic rings. The van der Waals surface area contributed by atoms with Crippen molar-refractivity contribution in [2.75, 3.05) is 6.54 Å². The summed E-state index contributed by atoms with van der Waals surface area (Å²) in [6, 6.07) is 6.84. The lowest BCUT2D eigenvalue weighted by atomic mass is 10.0. The van der Waals surface area contributed by atoms with Crippen LogP contribution in [0, 0.1) is 12.8 Å². The highest BCUT2D eigenvalue weighted by Gasteiger charge is 2.24. The number of hydrogen-bond donors (Lipinski definition) is 2. The maximum absolute atomic E-state index is 12.3. The number of rotatable bonds is 8. The molecule has 0 radical (unpaired) electrons. The van der Waals surface area contributed by atoms with E-state index < -0.39 is 6.04 Å². The first-order chi connectivity index (χ1) is 10.5. The molecule has 0 aliphatic carbocycles. The minimum Gasteiger partial charge on any atom is -0.354 e. The highest BCUT2D eigenvalue weighted by atomic mass is 16.2. The zero-order valence-electron chi connectivity index (χ0n) is 14.1. The van der Waals surface area contributed by atoms with Crippen LogP contribution in [0.3, 0.4) is 0 Å². The van der Waals surface area contributed by atoms with Crippen molar-refractivity contribution < 1.29 is 9.59 Å². The van der Waals surface area contributed by atoms with Crippen molar-refractivity contribution in [1.29, 1.82) is 0 Å². The van der Waals surface area contributed by atoms with Crippen molar-refractivity contribution in [2.45, 2.75) is 53.0 Å². The van der Waals surface area contributed by atoms with E-state index in [1.165, 1.54) is 0 Å². The molecular weight excluding hydrogens is 276 g/mol. The van der Waals surface area contributed by atoms with Crippen molar-refractivity contribution in [3.05, 3.63) is 35.4 Å². The van der Waals surface area contributed by atoms with E-state index in [-0.39, 0.29) is 17.7 Å². The van der Waals surface area contributed by atoms with Crippen LogP contribution in [0.25, 0.3) is 0 Å². The summed E-state index contributed by atoms with van der Waals surface area (Å²) in [7, 11) is 0. The lowest BCUT2D eigenvalue weighted by molar-refractivity contribution is -0.123. The van der Waals surface area contributed by atoms with Gasteiger partial charge >= 0.3 is 0 Å². The van der Waals surface area contributed by atoms with Gasteiger partial charge in [-0.15, -0.1) is 0 Å². The number of carbonyl (C=O) groups is 2. The molecule has 0 aliphatic rings. The molecule has 2 amide bonds.